The summed E-state index contributed by atoms with van der Waals surface area (Å²) < 4.78 is 19.8. The summed E-state index contributed by atoms with van der Waals surface area (Å²) in [6.07, 6.45) is 4.29. The fourth-order valence-corrected chi connectivity index (χ4v) is 3.86. The highest BCUT2D eigenvalue weighted by Gasteiger charge is 2.27. The normalized spacial score (nSPS) is 14.7. The first-order valence-electron chi connectivity index (χ1n) is 9.88. The molecule has 0 unspecified atom stereocenters. The molecular weight excluding hydrogens is 387 g/mol. The summed E-state index contributed by atoms with van der Waals surface area (Å²) in [6.45, 7) is 4.75. The number of furan rings is 1. The average Bonchev–Trinajstić information content (AvgIpc) is 3.37. The molecule has 1 N–H and O–H groups in total. The molecule has 1 saturated heterocycles. The molecule has 8 heteroatoms. The molecule has 0 spiro atoms. The molecular formula is C22H23FN4O3. The van der Waals surface area contributed by atoms with Gasteiger partial charge in [-0.2, -0.15) is 5.10 Å². The van der Waals surface area contributed by atoms with E-state index < -0.39 is 0 Å². The number of nitrogens with zero attached hydrogens (tertiary/aromatic N) is 3. The van der Waals surface area contributed by atoms with Crippen LogP contribution in [-0.4, -0.2) is 45.6 Å². The van der Waals surface area contributed by atoms with Gasteiger partial charge in [-0.05, 0) is 57.0 Å². The van der Waals surface area contributed by atoms with Crippen molar-refractivity contribution in [2.75, 3.05) is 13.1 Å². The average molecular weight is 410 g/mol. The highest BCUT2D eigenvalue weighted by atomic mass is 19.1. The zero-order valence-corrected chi connectivity index (χ0v) is 16.9. The van der Waals surface area contributed by atoms with E-state index in [0.717, 1.165) is 0 Å². The van der Waals surface area contributed by atoms with Gasteiger partial charge in [-0.3, -0.25) is 9.59 Å². The number of hydrogen-bond donors (Lipinski definition) is 1. The maximum absolute atomic E-state index is 13.2. The van der Waals surface area contributed by atoms with E-state index >= 15 is 0 Å². The van der Waals surface area contributed by atoms with Gasteiger partial charge in [-0.1, -0.05) is 0 Å². The molecule has 1 aliphatic rings. The molecule has 0 atom stereocenters. The van der Waals surface area contributed by atoms with Crippen molar-refractivity contribution in [3.05, 3.63) is 71.2 Å². The van der Waals surface area contributed by atoms with Crippen molar-refractivity contribution in [1.82, 2.24) is 20.0 Å². The minimum absolute atomic E-state index is 0.0149. The van der Waals surface area contributed by atoms with Crippen molar-refractivity contribution in [1.29, 1.82) is 0 Å². The monoisotopic (exact) mass is 410 g/mol. The van der Waals surface area contributed by atoms with Crippen LogP contribution in [0.4, 0.5) is 4.39 Å². The van der Waals surface area contributed by atoms with Crippen molar-refractivity contribution in [2.24, 2.45) is 0 Å². The maximum Gasteiger partial charge on any atom is 0.257 e. The van der Waals surface area contributed by atoms with E-state index in [2.05, 4.69) is 10.4 Å². The van der Waals surface area contributed by atoms with E-state index in [0.29, 0.717) is 54.1 Å². The summed E-state index contributed by atoms with van der Waals surface area (Å²) in [5, 5.41) is 7.54. The van der Waals surface area contributed by atoms with Crippen molar-refractivity contribution in [3.63, 3.8) is 0 Å². The largest absolute Gasteiger partial charge is 0.472 e. The fraction of sp³-hybridized carbons (Fsp3) is 0.318. The van der Waals surface area contributed by atoms with Gasteiger partial charge in [-0.25, -0.2) is 9.07 Å². The Labute approximate surface area is 173 Å². The van der Waals surface area contributed by atoms with Gasteiger partial charge < -0.3 is 14.6 Å². The number of benzene rings is 1. The highest BCUT2D eigenvalue weighted by Crippen LogP contribution is 2.20. The number of aromatic nitrogens is 2. The number of piperidine rings is 1. The minimum Gasteiger partial charge on any atom is -0.472 e. The van der Waals surface area contributed by atoms with E-state index in [4.69, 9.17) is 4.42 Å². The third-order valence-electron chi connectivity index (χ3n) is 5.48. The lowest BCUT2D eigenvalue weighted by atomic mass is 10.0. The molecule has 0 aliphatic carbocycles. The summed E-state index contributed by atoms with van der Waals surface area (Å²) in [4.78, 5) is 27.1. The Bertz CT molecular complexity index is 1050. The first-order chi connectivity index (χ1) is 14.4. The number of aryl methyl sites for hydroxylation is 1. The van der Waals surface area contributed by atoms with Crippen LogP contribution >= 0.6 is 0 Å². The second kappa shape index (κ2) is 8.14. The predicted octanol–water partition coefficient (Wildman–Crippen LogP) is 3.26. The van der Waals surface area contributed by atoms with Gasteiger partial charge in [0.25, 0.3) is 11.8 Å². The molecule has 3 heterocycles. The summed E-state index contributed by atoms with van der Waals surface area (Å²) in [6, 6.07) is 7.63. The van der Waals surface area contributed by atoms with Crippen molar-refractivity contribution >= 4 is 11.8 Å². The molecule has 4 rings (SSSR count). The Kier molecular flexibility index (Phi) is 5.39. The predicted molar refractivity (Wildman–Crippen MR) is 108 cm³/mol. The van der Waals surface area contributed by atoms with Gasteiger partial charge in [0.1, 0.15) is 12.1 Å². The molecule has 7 nitrogen and oxygen atoms in total. The van der Waals surface area contributed by atoms with Crippen molar-refractivity contribution < 1.29 is 18.4 Å². The van der Waals surface area contributed by atoms with Gasteiger partial charge in [0.15, 0.2) is 0 Å². The number of hydrogen-bond acceptors (Lipinski definition) is 4. The number of rotatable bonds is 4. The highest BCUT2D eigenvalue weighted by molar-refractivity contribution is 5.97. The Morgan fingerprint density at radius 2 is 1.83 bits per heavy atom. The minimum atomic E-state index is -0.323. The number of carbonyl (C=O) groups excluding carboxylic acids is 2. The van der Waals surface area contributed by atoms with Crippen LogP contribution in [-0.2, 0) is 0 Å². The van der Waals surface area contributed by atoms with Gasteiger partial charge in [0, 0.05) is 19.1 Å². The Hall–Kier alpha value is -3.42. The van der Waals surface area contributed by atoms with Crippen LogP contribution in [0, 0.1) is 19.7 Å². The van der Waals surface area contributed by atoms with Crippen LogP contribution in [0.15, 0.2) is 47.3 Å². The molecule has 0 radical (unpaired) electrons. The zero-order chi connectivity index (χ0) is 21.3. The number of amides is 2. The number of likely N-dealkylation sites (tertiary alicyclic amines) is 1. The molecule has 1 aliphatic heterocycles. The molecule has 1 aromatic carbocycles. The van der Waals surface area contributed by atoms with Crippen LogP contribution in [0.5, 0.6) is 0 Å². The topological polar surface area (TPSA) is 80.4 Å². The maximum atomic E-state index is 13.2. The Morgan fingerprint density at radius 1 is 1.13 bits per heavy atom. The van der Waals surface area contributed by atoms with Crippen LogP contribution in [0.1, 0.15) is 44.9 Å². The first kappa shape index (κ1) is 19.9. The van der Waals surface area contributed by atoms with Crippen LogP contribution in [0.2, 0.25) is 0 Å². The summed E-state index contributed by atoms with van der Waals surface area (Å²) in [7, 11) is 0. The van der Waals surface area contributed by atoms with Crippen molar-refractivity contribution in [3.8, 4) is 5.69 Å². The van der Waals surface area contributed by atoms with Gasteiger partial charge >= 0.3 is 0 Å². The fourth-order valence-electron chi connectivity index (χ4n) is 3.86. The Balaban J connectivity index is 1.41. The molecule has 2 amide bonds. The molecule has 2 aromatic heterocycles. The summed E-state index contributed by atoms with van der Waals surface area (Å²) >= 11 is 0. The molecule has 0 saturated carbocycles. The molecule has 3 aromatic rings. The second-order valence-electron chi connectivity index (χ2n) is 7.49. The Morgan fingerprint density at radius 3 is 2.47 bits per heavy atom. The van der Waals surface area contributed by atoms with Crippen LogP contribution in [0.3, 0.4) is 0 Å². The second-order valence-corrected chi connectivity index (χ2v) is 7.49. The van der Waals surface area contributed by atoms with Gasteiger partial charge in [-0.15, -0.1) is 0 Å². The number of nitrogens with one attached hydrogen (secondary N) is 1. The smallest absolute Gasteiger partial charge is 0.257 e. The lowest BCUT2D eigenvalue weighted by Crippen LogP contribution is -2.46. The first-order valence-corrected chi connectivity index (χ1v) is 9.88. The third kappa shape index (κ3) is 3.85. The van der Waals surface area contributed by atoms with Gasteiger partial charge in [0.2, 0.25) is 0 Å². The lowest BCUT2D eigenvalue weighted by molar-refractivity contribution is 0.0697. The standard InChI is InChI=1S/C22H23FN4O3/c1-14-20(15(2)27(25-14)19-5-3-17(23)4-6-19)21(28)24-18-7-10-26(11-8-18)22(29)16-9-12-30-13-16/h3-6,9,12-13,18H,7-8,10-11H2,1-2H3,(H,24,28). The summed E-state index contributed by atoms with van der Waals surface area (Å²) in [5.74, 6) is -0.561. The van der Waals surface area contributed by atoms with E-state index in [1.165, 1.54) is 24.7 Å². The molecule has 156 valence electrons. The quantitative estimate of drug-likeness (QED) is 0.716. The number of halogens is 1. The molecule has 1 fully saturated rings. The van der Waals surface area contributed by atoms with E-state index in [-0.39, 0.29) is 23.7 Å². The SMILES string of the molecule is Cc1nn(-c2ccc(F)cc2)c(C)c1C(=O)NC1CCN(C(=O)c2ccoc2)CC1. The van der Waals surface area contributed by atoms with Crippen molar-refractivity contribution in [2.45, 2.75) is 32.7 Å². The van der Waals surface area contributed by atoms with Crippen LogP contribution in [0.25, 0.3) is 5.69 Å². The lowest BCUT2D eigenvalue weighted by Gasteiger charge is -2.32. The van der Waals surface area contributed by atoms with Crippen LogP contribution < -0.4 is 5.32 Å². The van der Waals surface area contributed by atoms with Gasteiger partial charge in [0.05, 0.1) is 34.5 Å². The summed E-state index contributed by atoms with van der Waals surface area (Å²) in [5.41, 5.74) is 3.07. The third-order valence-corrected chi connectivity index (χ3v) is 5.48. The zero-order valence-electron chi connectivity index (χ0n) is 16.9. The molecule has 0 bridgehead atoms. The van der Waals surface area contributed by atoms with E-state index in [1.807, 2.05) is 6.92 Å². The number of carbonyl (C=O) groups is 2. The molecule has 30 heavy (non-hydrogen) atoms. The van der Waals surface area contributed by atoms with E-state index in [9.17, 15) is 14.0 Å². The van der Waals surface area contributed by atoms with E-state index in [1.54, 1.807) is 34.7 Å².